The Morgan fingerprint density at radius 3 is 2.35 bits per heavy atom. The Morgan fingerprint density at radius 2 is 1.65 bits per heavy atom. The number of nitrogens with one attached hydrogen (secondary N) is 3. The van der Waals surface area contributed by atoms with Crippen molar-refractivity contribution in [3.63, 3.8) is 0 Å². The quantitative estimate of drug-likeness (QED) is 0.680. The summed E-state index contributed by atoms with van der Waals surface area (Å²) < 4.78 is 0. The van der Waals surface area contributed by atoms with Gasteiger partial charge in [0.15, 0.2) is 0 Å². The number of hydrogen-bond donors (Lipinski definition) is 3. The number of amides is 2. The van der Waals surface area contributed by atoms with E-state index in [1.165, 1.54) is 0 Å². The fraction of sp³-hybridized carbons (Fsp3) is 0.300. The molecule has 0 fully saturated rings. The van der Waals surface area contributed by atoms with E-state index in [0.29, 0.717) is 17.8 Å². The molecule has 2 aromatic rings. The molecule has 138 valence electrons. The molecule has 2 aromatic carbocycles. The number of likely N-dealkylation sites (N-methyl/N-ethyl adjacent to an activating group) is 1. The Bertz CT molecular complexity index is 732. The summed E-state index contributed by atoms with van der Waals surface area (Å²) in [6, 6.07) is 16.2. The van der Waals surface area contributed by atoms with Gasteiger partial charge in [0.25, 0.3) is 5.91 Å². The summed E-state index contributed by atoms with van der Waals surface area (Å²) in [5, 5.41) is 8.81. The molecule has 0 heterocycles. The van der Waals surface area contributed by atoms with Gasteiger partial charge in [-0.25, -0.2) is 0 Å². The number of benzene rings is 2. The molecular formula is C20H26N4O2. The number of para-hydroxylation sites is 2. The molecule has 0 aliphatic heterocycles. The average Bonchev–Trinajstić information content (AvgIpc) is 2.62. The van der Waals surface area contributed by atoms with Gasteiger partial charge in [0.05, 0.1) is 11.3 Å². The van der Waals surface area contributed by atoms with Crippen LogP contribution in [0.5, 0.6) is 0 Å². The van der Waals surface area contributed by atoms with Crippen molar-refractivity contribution in [2.24, 2.45) is 0 Å². The third kappa shape index (κ3) is 5.89. The molecule has 2 amide bonds. The minimum absolute atomic E-state index is 0.200. The first-order chi connectivity index (χ1) is 12.5. The van der Waals surface area contributed by atoms with Crippen LogP contribution in [-0.4, -0.2) is 49.9 Å². The zero-order valence-electron chi connectivity index (χ0n) is 15.5. The average molecular weight is 354 g/mol. The number of rotatable bonds is 8. The number of nitrogens with zero attached hydrogens (tertiary/aromatic N) is 1. The van der Waals surface area contributed by atoms with Gasteiger partial charge in [-0.1, -0.05) is 30.3 Å². The van der Waals surface area contributed by atoms with E-state index in [1.54, 1.807) is 19.1 Å². The molecule has 0 aromatic heterocycles. The smallest absolute Gasteiger partial charge is 0.254 e. The Balaban J connectivity index is 2.00. The van der Waals surface area contributed by atoms with E-state index in [4.69, 9.17) is 0 Å². The lowest BCUT2D eigenvalue weighted by Crippen LogP contribution is -2.46. The van der Waals surface area contributed by atoms with E-state index in [1.807, 2.05) is 61.5 Å². The van der Waals surface area contributed by atoms with Crippen LogP contribution in [0.1, 0.15) is 17.3 Å². The van der Waals surface area contributed by atoms with Gasteiger partial charge >= 0.3 is 0 Å². The fourth-order valence-corrected chi connectivity index (χ4v) is 2.36. The van der Waals surface area contributed by atoms with E-state index in [-0.39, 0.29) is 11.8 Å². The molecule has 6 nitrogen and oxygen atoms in total. The van der Waals surface area contributed by atoms with E-state index in [2.05, 4.69) is 16.0 Å². The van der Waals surface area contributed by atoms with E-state index in [0.717, 1.165) is 12.2 Å². The van der Waals surface area contributed by atoms with Gasteiger partial charge in [-0.05, 0) is 45.3 Å². The van der Waals surface area contributed by atoms with Crippen molar-refractivity contribution in [2.75, 3.05) is 32.5 Å². The zero-order valence-corrected chi connectivity index (χ0v) is 15.5. The van der Waals surface area contributed by atoms with Crippen molar-refractivity contribution in [2.45, 2.75) is 13.0 Å². The van der Waals surface area contributed by atoms with Gasteiger partial charge in [-0.3, -0.25) is 9.59 Å². The Hall–Kier alpha value is -2.86. The Kier molecular flexibility index (Phi) is 7.17. The van der Waals surface area contributed by atoms with Crippen LogP contribution < -0.4 is 16.0 Å². The first kappa shape index (κ1) is 19.5. The van der Waals surface area contributed by atoms with Gasteiger partial charge in [-0.15, -0.1) is 0 Å². The van der Waals surface area contributed by atoms with Crippen molar-refractivity contribution in [1.82, 2.24) is 15.5 Å². The van der Waals surface area contributed by atoms with Crippen molar-refractivity contribution >= 4 is 23.2 Å². The van der Waals surface area contributed by atoms with Crippen LogP contribution in [0.4, 0.5) is 11.4 Å². The molecule has 0 bridgehead atoms. The summed E-state index contributed by atoms with van der Waals surface area (Å²) in [6.07, 6.45) is 0. The topological polar surface area (TPSA) is 73.5 Å². The summed E-state index contributed by atoms with van der Waals surface area (Å²) in [5.74, 6) is -0.493. The lowest BCUT2D eigenvalue weighted by molar-refractivity contribution is -0.122. The van der Waals surface area contributed by atoms with E-state index < -0.39 is 6.04 Å². The highest BCUT2D eigenvalue weighted by molar-refractivity contribution is 6.02. The third-order valence-corrected chi connectivity index (χ3v) is 3.82. The van der Waals surface area contributed by atoms with Crippen LogP contribution in [0.25, 0.3) is 0 Å². The van der Waals surface area contributed by atoms with Crippen molar-refractivity contribution in [1.29, 1.82) is 0 Å². The Morgan fingerprint density at radius 1 is 1.00 bits per heavy atom. The first-order valence-electron chi connectivity index (χ1n) is 8.62. The molecular weight excluding hydrogens is 328 g/mol. The van der Waals surface area contributed by atoms with Gasteiger partial charge < -0.3 is 20.9 Å². The van der Waals surface area contributed by atoms with Crippen LogP contribution in [0.3, 0.4) is 0 Å². The number of hydrogen-bond acceptors (Lipinski definition) is 4. The second-order valence-electron chi connectivity index (χ2n) is 6.33. The predicted molar refractivity (Wildman–Crippen MR) is 105 cm³/mol. The maximum absolute atomic E-state index is 12.6. The minimum atomic E-state index is -0.616. The van der Waals surface area contributed by atoms with Crippen LogP contribution in [-0.2, 0) is 4.79 Å². The normalized spacial score (nSPS) is 11.7. The van der Waals surface area contributed by atoms with Gasteiger partial charge in [0, 0.05) is 18.8 Å². The summed E-state index contributed by atoms with van der Waals surface area (Å²) in [4.78, 5) is 26.7. The van der Waals surface area contributed by atoms with Crippen LogP contribution in [0, 0.1) is 0 Å². The van der Waals surface area contributed by atoms with Crippen molar-refractivity contribution in [3.05, 3.63) is 60.2 Å². The predicted octanol–water partition coefficient (Wildman–Crippen LogP) is 2.23. The van der Waals surface area contributed by atoms with Crippen LogP contribution in [0.2, 0.25) is 0 Å². The SMILES string of the molecule is CC(NC(=O)c1ccccc1Nc1ccccc1)C(=O)NCCN(C)C. The fourth-order valence-electron chi connectivity index (χ4n) is 2.36. The third-order valence-electron chi connectivity index (χ3n) is 3.82. The number of carbonyl (C=O) groups excluding carboxylic acids is 2. The maximum Gasteiger partial charge on any atom is 0.254 e. The molecule has 0 aliphatic rings. The summed E-state index contributed by atoms with van der Waals surface area (Å²) >= 11 is 0. The van der Waals surface area contributed by atoms with Crippen molar-refractivity contribution in [3.8, 4) is 0 Å². The zero-order chi connectivity index (χ0) is 18.9. The van der Waals surface area contributed by atoms with Gasteiger partial charge in [-0.2, -0.15) is 0 Å². The molecule has 26 heavy (non-hydrogen) atoms. The summed E-state index contributed by atoms with van der Waals surface area (Å²) in [6.45, 7) is 2.96. The Labute approximate surface area is 154 Å². The summed E-state index contributed by atoms with van der Waals surface area (Å²) in [5.41, 5.74) is 2.07. The van der Waals surface area contributed by atoms with Crippen LogP contribution in [0.15, 0.2) is 54.6 Å². The standard InChI is InChI=1S/C20H26N4O2/c1-15(19(25)21-13-14-24(2)3)22-20(26)17-11-7-8-12-18(17)23-16-9-5-4-6-10-16/h4-12,15,23H,13-14H2,1-3H3,(H,21,25)(H,22,26). The molecule has 1 unspecified atom stereocenters. The van der Waals surface area contributed by atoms with Gasteiger partial charge in [0.2, 0.25) is 5.91 Å². The van der Waals surface area contributed by atoms with Crippen molar-refractivity contribution < 1.29 is 9.59 Å². The molecule has 0 radical (unpaired) electrons. The second kappa shape index (κ2) is 9.58. The van der Waals surface area contributed by atoms with Crippen LogP contribution >= 0.6 is 0 Å². The monoisotopic (exact) mass is 354 g/mol. The molecule has 2 rings (SSSR count). The van der Waals surface area contributed by atoms with E-state index in [9.17, 15) is 9.59 Å². The lowest BCUT2D eigenvalue weighted by atomic mass is 10.1. The highest BCUT2D eigenvalue weighted by Crippen LogP contribution is 2.20. The molecule has 0 aliphatic carbocycles. The second-order valence-corrected chi connectivity index (χ2v) is 6.33. The molecule has 0 spiro atoms. The number of anilines is 2. The molecule has 1 atom stereocenters. The lowest BCUT2D eigenvalue weighted by Gasteiger charge is -2.17. The molecule has 0 saturated carbocycles. The molecule has 6 heteroatoms. The highest BCUT2D eigenvalue weighted by atomic mass is 16.2. The number of carbonyl (C=O) groups is 2. The highest BCUT2D eigenvalue weighted by Gasteiger charge is 2.18. The van der Waals surface area contributed by atoms with Gasteiger partial charge in [0.1, 0.15) is 6.04 Å². The largest absolute Gasteiger partial charge is 0.355 e. The first-order valence-corrected chi connectivity index (χ1v) is 8.62. The molecule has 0 saturated heterocycles. The molecule has 3 N–H and O–H groups in total. The minimum Gasteiger partial charge on any atom is -0.355 e. The van der Waals surface area contributed by atoms with E-state index >= 15 is 0 Å². The summed E-state index contributed by atoms with van der Waals surface area (Å²) in [7, 11) is 3.88. The maximum atomic E-state index is 12.6.